The monoisotopic (exact) mass is 323 g/mol. The van der Waals surface area contributed by atoms with Crippen molar-refractivity contribution in [2.75, 3.05) is 0 Å². The Morgan fingerprint density at radius 1 is 1.16 bits per heavy atom. The third-order valence-corrected chi connectivity index (χ3v) is 3.08. The molecule has 0 amide bonds. The number of alkyl halides is 1. The molecule has 0 atom stereocenters. The zero-order valence-electron chi connectivity index (χ0n) is 9.66. The maximum absolute atomic E-state index is 13.7. The number of para-hydroxylation sites is 1. The number of nitriles is 1. The molecule has 0 aliphatic rings. The number of benzene rings is 2. The van der Waals surface area contributed by atoms with Crippen LogP contribution in [0.15, 0.2) is 36.4 Å². The van der Waals surface area contributed by atoms with Gasteiger partial charge in [0.2, 0.25) is 0 Å². The highest BCUT2D eigenvalue weighted by Crippen LogP contribution is 2.30. The molecule has 0 spiro atoms. The Morgan fingerprint density at radius 3 is 2.58 bits per heavy atom. The molecule has 0 aliphatic heterocycles. The van der Waals surface area contributed by atoms with Gasteiger partial charge in [-0.3, -0.25) is 0 Å². The van der Waals surface area contributed by atoms with Gasteiger partial charge in [0.1, 0.15) is 17.6 Å². The summed E-state index contributed by atoms with van der Waals surface area (Å²) in [6, 6.07) is 10.0. The van der Waals surface area contributed by atoms with Crippen molar-refractivity contribution in [3.8, 4) is 17.6 Å². The van der Waals surface area contributed by atoms with Crippen molar-refractivity contribution in [3.05, 3.63) is 59.2 Å². The van der Waals surface area contributed by atoms with Crippen LogP contribution in [-0.4, -0.2) is 0 Å². The van der Waals surface area contributed by atoms with Crippen LogP contribution in [0.3, 0.4) is 0 Å². The molecule has 0 aromatic heterocycles. The first kappa shape index (κ1) is 13.5. The average molecular weight is 324 g/mol. The van der Waals surface area contributed by atoms with Crippen molar-refractivity contribution in [2.45, 2.75) is 5.33 Å². The third kappa shape index (κ3) is 2.91. The van der Waals surface area contributed by atoms with Crippen molar-refractivity contribution >= 4 is 15.9 Å². The van der Waals surface area contributed by atoms with E-state index in [1.54, 1.807) is 18.2 Å². The Morgan fingerprint density at radius 2 is 1.95 bits per heavy atom. The van der Waals surface area contributed by atoms with Gasteiger partial charge in [0.15, 0.2) is 11.6 Å². The molecule has 5 heteroatoms. The first-order valence-corrected chi connectivity index (χ1v) is 6.48. The predicted octanol–water partition coefficient (Wildman–Crippen LogP) is 4.52. The summed E-state index contributed by atoms with van der Waals surface area (Å²) < 4.78 is 32.5. The Kier molecular flexibility index (Phi) is 4.13. The standard InChI is InChI=1S/C14H8BrF2NO/c15-7-9-2-1-3-12(16)14(9)19-11-5-4-10(8-18)13(17)6-11/h1-6H,7H2. The summed E-state index contributed by atoms with van der Waals surface area (Å²) in [5.74, 6) is -1.04. The normalized spacial score (nSPS) is 10.0. The predicted molar refractivity (Wildman–Crippen MR) is 70.2 cm³/mol. The molecule has 0 bridgehead atoms. The fraction of sp³-hybridized carbons (Fsp3) is 0.0714. The number of hydrogen-bond donors (Lipinski definition) is 0. The number of rotatable bonds is 3. The molecule has 0 aliphatic carbocycles. The molecule has 0 radical (unpaired) electrons. The summed E-state index contributed by atoms with van der Waals surface area (Å²) in [6.45, 7) is 0. The number of ether oxygens (including phenoxy) is 1. The van der Waals surface area contributed by atoms with E-state index in [0.717, 1.165) is 6.07 Å². The summed E-state index contributed by atoms with van der Waals surface area (Å²) in [6.07, 6.45) is 0. The molecule has 2 aromatic rings. The van der Waals surface area contributed by atoms with Gasteiger partial charge in [0, 0.05) is 17.0 Å². The number of hydrogen-bond acceptors (Lipinski definition) is 2. The lowest BCUT2D eigenvalue weighted by Gasteiger charge is -2.10. The first-order chi connectivity index (χ1) is 9.15. The smallest absolute Gasteiger partial charge is 0.167 e. The first-order valence-electron chi connectivity index (χ1n) is 5.36. The van der Waals surface area contributed by atoms with Gasteiger partial charge in [-0.05, 0) is 18.2 Å². The lowest BCUT2D eigenvalue weighted by atomic mass is 10.2. The summed E-state index contributed by atoms with van der Waals surface area (Å²) in [5, 5.41) is 9.04. The van der Waals surface area contributed by atoms with Crippen LogP contribution >= 0.6 is 15.9 Å². The van der Waals surface area contributed by atoms with Crippen LogP contribution < -0.4 is 4.74 Å². The molecular weight excluding hydrogens is 316 g/mol. The van der Waals surface area contributed by atoms with Crippen LogP contribution in [0.5, 0.6) is 11.5 Å². The summed E-state index contributed by atoms with van der Waals surface area (Å²) in [5.41, 5.74) is 0.534. The van der Waals surface area contributed by atoms with Crippen molar-refractivity contribution in [3.63, 3.8) is 0 Å². The Hall–Kier alpha value is -1.93. The van der Waals surface area contributed by atoms with E-state index in [2.05, 4.69) is 15.9 Å². The van der Waals surface area contributed by atoms with E-state index in [1.807, 2.05) is 0 Å². The Labute approximate surface area is 117 Å². The fourth-order valence-electron chi connectivity index (χ4n) is 1.54. The number of nitrogens with zero attached hydrogens (tertiary/aromatic N) is 1. The molecule has 2 nitrogen and oxygen atoms in total. The molecule has 19 heavy (non-hydrogen) atoms. The minimum absolute atomic E-state index is 0.0449. The summed E-state index contributed by atoms with van der Waals surface area (Å²) in [4.78, 5) is 0. The van der Waals surface area contributed by atoms with Crippen molar-refractivity contribution in [1.82, 2.24) is 0 Å². The van der Waals surface area contributed by atoms with Gasteiger partial charge in [-0.2, -0.15) is 5.26 Å². The summed E-state index contributed by atoms with van der Waals surface area (Å²) in [7, 11) is 0. The van der Waals surface area contributed by atoms with E-state index >= 15 is 0 Å². The van der Waals surface area contributed by atoms with Crippen LogP contribution in [0.2, 0.25) is 0 Å². The van der Waals surface area contributed by atoms with Crippen LogP contribution in [0, 0.1) is 23.0 Å². The van der Waals surface area contributed by atoms with Crippen molar-refractivity contribution in [1.29, 1.82) is 5.26 Å². The van der Waals surface area contributed by atoms with E-state index in [9.17, 15) is 8.78 Å². The molecule has 0 fully saturated rings. The van der Waals surface area contributed by atoms with Gasteiger partial charge in [-0.1, -0.05) is 28.1 Å². The van der Waals surface area contributed by atoms with Crippen LogP contribution in [0.4, 0.5) is 8.78 Å². The minimum atomic E-state index is -0.697. The van der Waals surface area contributed by atoms with Gasteiger partial charge in [-0.25, -0.2) is 8.78 Å². The maximum atomic E-state index is 13.7. The molecule has 2 aromatic carbocycles. The largest absolute Gasteiger partial charge is 0.454 e. The molecule has 0 saturated heterocycles. The van der Waals surface area contributed by atoms with Crippen LogP contribution in [0.25, 0.3) is 0 Å². The average Bonchev–Trinajstić information content (AvgIpc) is 2.41. The SMILES string of the molecule is N#Cc1ccc(Oc2c(F)cccc2CBr)cc1F. The van der Waals surface area contributed by atoms with Crippen molar-refractivity contribution in [2.24, 2.45) is 0 Å². The highest BCUT2D eigenvalue weighted by molar-refractivity contribution is 9.08. The van der Waals surface area contributed by atoms with Gasteiger partial charge in [-0.15, -0.1) is 0 Å². The molecular formula is C14H8BrF2NO. The maximum Gasteiger partial charge on any atom is 0.167 e. The van der Waals surface area contributed by atoms with Crippen molar-refractivity contribution < 1.29 is 13.5 Å². The Bertz CT molecular complexity index is 652. The molecule has 2 rings (SSSR count). The summed E-state index contributed by atoms with van der Waals surface area (Å²) >= 11 is 3.23. The zero-order valence-corrected chi connectivity index (χ0v) is 11.2. The molecule has 0 heterocycles. The third-order valence-electron chi connectivity index (χ3n) is 2.47. The lowest BCUT2D eigenvalue weighted by molar-refractivity contribution is 0.435. The van der Waals surface area contributed by atoms with Gasteiger partial charge in [0.05, 0.1) is 5.56 Å². The highest BCUT2D eigenvalue weighted by Gasteiger charge is 2.11. The second-order valence-electron chi connectivity index (χ2n) is 3.72. The fourth-order valence-corrected chi connectivity index (χ4v) is 1.98. The van der Waals surface area contributed by atoms with E-state index in [0.29, 0.717) is 10.9 Å². The lowest BCUT2D eigenvalue weighted by Crippen LogP contribution is -1.94. The second-order valence-corrected chi connectivity index (χ2v) is 4.28. The van der Waals surface area contributed by atoms with E-state index in [-0.39, 0.29) is 17.1 Å². The Balaban J connectivity index is 2.37. The van der Waals surface area contributed by atoms with E-state index < -0.39 is 11.6 Å². The molecule has 96 valence electrons. The topological polar surface area (TPSA) is 33.0 Å². The van der Waals surface area contributed by atoms with Gasteiger partial charge >= 0.3 is 0 Å². The van der Waals surface area contributed by atoms with Crippen LogP contribution in [0.1, 0.15) is 11.1 Å². The van der Waals surface area contributed by atoms with Gasteiger partial charge in [0.25, 0.3) is 0 Å². The molecule has 0 saturated carbocycles. The quantitative estimate of drug-likeness (QED) is 0.778. The minimum Gasteiger partial charge on any atom is -0.454 e. The molecule has 0 unspecified atom stereocenters. The highest BCUT2D eigenvalue weighted by atomic mass is 79.9. The van der Waals surface area contributed by atoms with Crippen LogP contribution in [-0.2, 0) is 5.33 Å². The molecule has 0 N–H and O–H groups in total. The second kappa shape index (κ2) is 5.81. The zero-order chi connectivity index (χ0) is 13.8. The van der Waals surface area contributed by atoms with Gasteiger partial charge < -0.3 is 4.74 Å². The number of halogens is 3. The van der Waals surface area contributed by atoms with E-state index in [4.69, 9.17) is 10.00 Å². The van der Waals surface area contributed by atoms with E-state index in [1.165, 1.54) is 18.2 Å².